The molecule has 0 amide bonds. The van der Waals surface area contributed by atoms with Crippen molar-refractivity contribution in [2.24, 2.45) is 7.05 Å². The Morgan fingerprint density at radius 3 is 2.92 bits per heavy atom. The molecule has 0 fully saturated rings. The molecule has 1 aromatic heterocycles. The van der Waals surface area contributed by atoms with Crippen LogP contribution in [0.4, 0.5) is 0 Å². The zero-order chi connectivity index (χ0) is 9.84. The molecular formula is C8H12N2O3. The molecule has 0 aliphatic rings. The van der Waals surface area contributed by atoms with E-state index in [2.05, 4.69) is 5.10 Å². The minimum atomic E-state index is -1.02. The summed E-state index contributed by atoms with van der Waals surface area (Å²) in [7, 11) is 1.70. The van der Waals surface area contributed by atoms with E-state index in [-0.39, 0.29) is 5.69 Å². The van der Waals surface area contributed by atoms with Crippen LogP contribution in [0.2, 0.25) is 0 Å². The van der Waals surface area contributed by atoms with E-state index < -0.39 is 5.97 Å². The number of carboxylic acids is 1. The second kappa shape index (κ2) is 4.04. The van der Waals surface area contributed by atoms with Crippen molar-refractivity contribution in [3.05, 3.63) is 17.5 Å². The second-order valence-corrected chi connectivity index (χ2v) is 2.59. The number of aromatic carboxylic acids is 1. The lowest BCUT2D eigenvalue weighted by atomic mass is 10.3. The van der Waals surface area contributed by atoms with Crippen molar-refractivity contribution in [1.82, 2.24) is 9.78 Å². The maximum Gasteiger partial charge on any atom is 0.356 e. The summed E-state index contributed by atoms with van der Waals surface area (Å²) in [6.07, 6.45) is 0. The standard InChI is InChI=1S/C8H12N2O3/c1-3-13-5-6-4-7(8(11)12)9-10(6)2/h4H,3,5H2,1-2H3,(H,11,12). The lowest BCUT2D eigenvalue weighted by Crippen LogP contribution is -2.01. The van der Waals surface area contributed by atoms with Gasteiger partial charge >= 0.3 is 5.97 Å². The molecule has 0 atom stereocenters. The molecule has 0 saturated heterocycles. The van der Waals surface area contributed by atoms with Crippen LogP contribution in [0.15, 0.2) is 6.07 Å². The largest absolute Gasteiger partial charge is 0.476 e. The Balaban J connectivity index is 2.77. The molecule has 0 spiro atoms. The number of nitrogens with zero attached hydrogens (tertiary/aromatic N) is 2. The molecule has 0 aromatic carbocycles. The second-order valence-electron chi connectivity index (χ2n) is 2.59. The van der Waals surface area contributed by atoms with Crippen LogP contribution in [-0.4, -0.2) is 27.5 Å². The predicted octanol–water partition coefficient (Wildman–Crippen LogP) is 0.655. The van der Waals surface area contributed by atoms with Gasteiger partial charge < -0.3 is 9.84 Å². The molecule has 72 valence electrons. The monoisotopic (exact) mass is 184 g/mol. The first-order chi connectivity index (χ1) is 6.15. The maximum atomic E-state index is 10.5. The number of aromatic nitrogens is 2. The van der Waals surface area contributed by atoms with Gasteiger partial charge in [-0.25, -0.2) is 4.79 Å². The molecule has 1 heterocycles. The highest BCUT2D eigenvalue weighted by Gasteiger charge is 2.10. The smallest absolute Gasteiger partial charge is 0.356 e. The molecule has 0 aliphatic heterocycles. The van der Waals surface area contributed by atoms with Crippen molar-refractivity contribution in [3.8, 4) is 0 Å². The number of hydrogen-bond acceptors (Lipinski definition) is 3. The first-order valence-electron chi connectivity index (χ1n) is 3.99. The van der Waals surface area contributed by atoms with E-state index in [1.807, 2.05) is 6.92 Å². The number of carbonyl (C=O) groups is 1. The third-order valence-corrected chi connectivity index (χ3v) is 1.65. The van der Waals surface area contributed by atoms with Crippen LogP contribution in [0.3, 0.4) is 0 Å². The topological polar surface area (TPSA) is 64.3 Å². The van der Waals surface area contributed by atoms with Gasteiger partial charge in [-0.2, -0.15) is 5.10 Å². The Bertz CT molecular complexity index is 306. The Labute approximate surface area is 75.9 Å². The molecule has 13 heavy (non-hydrogen) atoms. The Kier molecular flexibility index (Phi) is 3.02. The van der Waals surface area contributed by atoms with Crippen molar-refractivity contribution >= 4 is 5.97 Å². The third kappa shape index (κ3) is 2.29. The summed E-state index contributed by atoms with van der Waals surface area (Å²) in [4.78, 5) is 10.5. The fourth-order valence-electron chi connectivity index (χ4n) is 0.952. The van der Waals surface area contributed by atoms with Gasteiger partial charge in [-0.3, -0.25) is 4.68 Å². The van der Waals surface area contributed by atoms with Gasteiger partial charge in [0, 0.05) is 13.7 Å². The molecule has 1 N–H and O–H groups in total. The minimum absolute atomic E-state index is 0.0530. The summed E-state index contributed by atoms with van der Waals surface area (Å²) >= 11 is 0. The highest BCUT2D eigenvalue weighted by atomic mass is 16.5. The summed E-state index contributed by atoms with van der Waals surface area (Å²) in [5, 5.41) is 12.4. The van der Waals surface area contributed by atoms with E-state index in [0.717, 1.165) is 5.69 Å². The molecule has 0 aliphatic carbocycles. The van der Waals surface area contributed by atoms with Crippen molar-refractivity contribution in [2.45, 2.75) is 13.5 Å². The van der Waals surface area contributed by atoms with Crippen molar-refractivity contribution in [1.29, 1.82) is 0 Å². The van der Waals surface area contributed by atoms with Gasteiger partial charge in [0.1, 0.15) is 0 Å². The van der Waals surface area contributed by atoms with E-state index in [9.17, 15) is 4.79 Å². The van der Waals surface area contributed by atoms with Crippen molar-refractivity contribution < 1.29 is 14.6 Å². The first-order valence-corrected chi connectivity index (χ1v) is 3.99. The van der Waals surface area contributed by atoms with Crippen LogP contribution >= 0.6 is 0 Å². The van der Waals surface area contributed by atoms with E-state index in [0.29, 0.717) is 13.2 Å². The summed E-state index contributed by atoms with van der Waals surface area (Å²) in [5.41, 5.74) is 0.816. The van der Waals surface area contributed by atoms with E-state index in [1.165, 1.54) is 10.7 Å². The van der Waals surface area contributed by atoms with Gasteiger partial charge in [-0.15, -0.1) is 0 Å². The third-order valence-electron chi connectivity index (χ3n) is 1.65. The highest BCUT2D eigenvalue weighted by molar-refractivity contribution is 5.85. The van der Waals surface area contributed by atoms with Crippen molar-refractivity contribution in [2.75, 3.05) is 6.61 Å². The SMILES string of the molecule is CCOCc1cc(C(=O)O)nn1C. The number of ether oxygens (including phenoxy) is 1. The summed E-state index contributed by atoms with van der Waals surface area (Å²) < 4.78 is 6.65. The molecule has 1 rings (SSSR count). The number of hydrogen-bond donors (Lipinski definition) is 1. The molecule has 0 unspecified atom stereocenters. The van der Waals surface area contributed by atoms with Gasteiger partial charge in [0.25, 0.3) is 0 Å². The number of carboxylic acid groups (broad SMARTS) is 1. The van der Waals surface area contributed by atoms with Crippen LogP contribution in [0.5, 0.6) is 0 Å². The van der Waals surface area contributed by atoms with Crippen LogP contribution < -0.4 is 0 Å². The van der Waals surface area contributed by atoms with Gasteiger partial charge in [0.15, 0.2) is 5.69 Å². The molecule has 1 aromatic rings. The van der Waals surface area contributed by atoms with E-state index in [1.54, 1.807) is 7.05 Å². The zero-order valence-corrected chi connectivity index (χ0v) is 7.65. The lowest BCUT2D eigenvalue weighted by Gasteiger charge is -1.99. The molecule has 0 radical (unpaired) electrons. The van der Waals surface area contributed by atoms with Gasteiger partial charge in [-0.05, 0) is 13.0 Å². The van der Waals surface area contributed by atoms with E-state index >= 15 is 0 Å². The van der Waals surface area contributed by atoms with Crippen LogP contribution in [-0.2, 0) is 18.4 Å². The Morgan fingerprint density at radius 2 is 2.46 bits per heavy atom. The fourth-order valence-corrected chi connectivity index (χ4v) is 0.952. The van der Waals surface area contributed by atoms with Gasteiger partial charge in [0.05, 0.1) is 12.3 Å². The van der Waals surface area contributed by atoms with Gasteiger partial charge in [0.2, 0.25) is 0 Å². The molecule has 0 saturated carbocycles. The summed E-state index contributed by atoms with van der Waals surface area (Å²) in [5.74, 6) is -1.02. The maximum absolute atomic E-state index is 10.5. The Morgan fingerprint density at radius 1 is 1.77 bits per heavy atom. The average molecular weight is 184 g/mol. The van der Waals surface area contributed by atoms with Crippen LogP contribution in [0, 0.1) is 0 Å². The normalized spacial score (nSPS) is 10.3. The number of aryl methyl sites for hydroxylation is 1. The van der Waals surface area contributed by atoms with Crippen LogP contribution in [0.1, 0.15) is 23.1 Å². The fraction of sp³-hybridized carbons (Fsp3) is 0.500. The Hall–Kier alpha value is -1.36. The molecular weight excluding hydrogens is 172 g/mol. The van der Waals surface area contributed by atoms with Gasteiger partial charge in [-0.1, -0.05) is 0 Å². The zero-order valence-electron chi connectivity index (χ0n) is 7.65. The predicted molar refractivity (Wildman–Crippen MR) is 45.5 cm³/mol. The quantitative estimate of drug-likeness (QED) is 0.746. The summed E-state index contributed by atoms with van der Waals surface area (Å²) in [6.45, 7) is 2.88. The molecule has 0 bridgehead atoms. The minimum Gasteiger partial charge on any atom is -0.476 e. The highest BCUT2D eigenvalue weighted by Crippen LogP contribution is 2.04. The summed E-state index contributed by atoms with van der Waals surface area (Å²) in [6, 6.07) is 1.51. The van der Waals surface area contributed by atoms with E-state index in [4.69, 9.17) is 9.84 Å². The average Bonchev–Trinajstić information content (AvgIpc) is 2.44. The number of rotatable bonds is 4. The molecule has 5 nitrogen and oxygen atoms in total. The van der Waals surface area contributed by atoms with Crippen LogP contribution in [0.25, 0.3) is 0 Å². The first kappa shape index (κ1) is 9.73. The lowest BCUT2D eigenvalue weighted by molar-refractivity contribution is 0.0689. The molecule has 5 heteroatoms. The van der Waals surface area contributed by atoms with Crippen molar-refractivity contribution in [3.63, 3.8) is 0 Å².